The van der Waals surface area contributed by atoms with Crippen LogP contribution in [-0.2, 0) is 4.79 Å². The first-order valence-electron chi connectivity index (χ1n) is 8.96. The second-order valence-electron chi connectivity index (χ2n) is 6.64. The Kier molecular flexibility index (Phi) is 4.92. The van der Waals surface area contributed by atoms with Crippen molar-refractivity contribution in [3.63, 3.8) is 0 Å². The normalized spacial score (nSPS) is 11.4. The van der Waals surface area contributed by atoms with Gasteiger partial charge in [-0.2, -0.15) is 0 Å². The zero-order chi connectivity index (χ0) is 19.7. The molecule has 0 unspecified atom stereocenters. The molecule has 28 heavy (non-hydrogen) atoms. The van der Waals surface area contributed by atoms with Crippen LogP contribution in [0.4, 0.5) is 5.69 Å². The maximum absolute atomic E-state index is 13.0. The van der Waals surface area contributed by atoms with E-state index in [9.17, 15) is 9.59 Å². The van der Waals surface area contributed by atoms with Crippen molar-refractivity contribution in [3.8, 4) is 0 Å². The van der Waals surface area contributed by atoms with E-state index in [4.69, 9.17) is 4.42 Å². The Morgan fingerprint density at radius 2 is 1.86 bits per heavy atom. The largest absolute Gasteiger partial charge is 0.448 e. The summed E-state index contributed by atoms with van der Waals surface area (Å²) >= 11 is 1.24. The van der Waals surface area contributed by atoms with Crippen molar-refractivity contribution >= 4 is 45.4 Å². The Morgan fingerprint density at radius 3 is 2.61 bits per heavy atom. The summed E-state index contributed by atoms with van der Waals surface area (Å²) in [5, 5.41) is 4.14. The quantitative estimate of drug-likeness (QED) is 0.400. The van der Waals surface area contributed by atoms with Gasteiger partial charge < -0.3 is 9.73 Å². The van der Waals surface area contributed by atoms with Crippen LogP contribution in [0.15, 0.2) is 69.0 Å². The first kappa shape index (κ1) is 18.3. The molecule has 4 rings (SSSR count). The average Bonchev–Trinajstić information content (AvgIpc) is 3.06. The molecule has 2 heterocycles. The summed E-state index contributed by atoms with van der Waals surface area (Å²) in [6.07, 6.45) is 0. The number of thioether (sulfide) groups is 1. The average molecular weight is 393 g/mol. The summed E-state index contributed by atoms with van der Waals surface area (Å²) in [6, 6.07) is 16.6. The summed E-state index contributed by atoms with van der Waals surface area (Å²) < 4.78 is 7.32. The van der Waals surface area contributed by atoms with Gasteiger partial charge >= 0.3 is 0 Å². The molecule has 6 nitrogen and oxygen atoms in total. The van der Waals surface area contributed by atoms with Crippen molar-refractivity contribution in [3.05, 3.63) is 65.0 Å². The molecule has 0 saturated heterocycles. The van der Waals surface area contributed by atoms with Crippen molar-refractivity contribution < 1.29 is 9.21 Å². The minimum absolute atomic E-state index is 0.114. The summed E-state index contributed by atoms with van der Waals surface area (Å²) in [7, 11) is 0. The molecule has 0 radical (unpaired) electrons. The van der Waals surface area contributed by atoms with Gasteiger partial charge in [0, 0.05) is 17.1 Å². The molecule has 2 aromatic heterocycles. The highest BCUT2D eigenvalue weighted by Gasteiger charge is 2.20. The van der Waals surface area contributed by atoms with Gasteiger partial charge in [-0.3, -0.25) is 14.2 Å². The number of furan rings is 1. The topological polar surface area (TPSA) is 77.1 Å². The van der Waals surface area contributed by atoms with Crippen molar-refractivity contribution in [1.29, 1.82) is 0 Å². The van der Waals surface area contributed by atoms with Crippen molar-refractivity contribution in [2.45, 2.75) is 25.0 Å². The molecule has 7 heteroatoms. The number of amides is 1. The molecule has 142 valence electrons. The highest BCUT2D eigenvalue weighted by atomic mass is 32.2. The second kappa shape index (κ2) is 7.52. The first-order chi connectivity index (χ1) is 13.5. The highest BCUT2D eigenvalue weighted by molar-refractivity contribution is 7.99. The number of para-hydroxylation sites is 2. The van der Waals surface area contributed by atoms with Crippen LogP contribution in [0, 0.1) is 0 Å². The minimum atomic E-state index is -0.234. The van der Waals surface area contributed by atoms with Crippen molar-refractivity contribution in [2.24, 2.45) is 0 Å². The fourth-order valence-corrected chi connectivity index (χ4v) is 3.96. The number of anilines is 1. The van der Waals surface area contributed by atoms with Crippen LogP contribution >= 0.6 is 11.8 Å². The van der Waals surface area contributed by atoms with E-state index in [0.717, 1.165) is 11.1 Å². The smallest absolute Gasteiger partial charge is 0.298 e. The van der Waals surface area contributed by atoms with Crippen LogP contribution in [-0.4, -0.2) is 21.2 Å². The Labute approximate surface area is 165 Å². The highest BCUT2D eigenvalue weighted by Crippen LogP contribution is 2.28. The van der Waals surface area contributed by atoms with Crippen LogP contribution in [0.3, 0.4) is 0 Å². The number of fused-ring (bicyclic) bond motifs is 3. The van der Waals surface area contributed by atoms with Gasteiger partial charge in [-0.15, -0.1) is 0 Å². The molecule has 0 bridgehead atoms. The number of carbonyl (C=O) groups excluding carboxylic acids is 1. The number of hydrogen-bond acceptors (Lipinski definition) is 5. The lowest BCUT2D eigenvalue weighted by Gasteiger charge is -2.14. The lowest BCUT2D eigenvalue weighted by molar-refractivity contribution is -0.113. The van der Waals surface area contributed by atoms with E-state index in [0.29, 0.717) is 16.3 Å². The zero-order valence-corrected chi connectivity index (χ0v) is 16.3. The van der Waals surface area contributed by atoms with Crippen LogP contribution < -0.4 is 10.9 Å². The molecule has 1 amide bonds. The van der Waals surface area contributed by atoms with Crippen LogP contribution in [0.25, 0.3) is 22.1 Å². The Morgan fingerprint density at radius 1 is 1.14 bits per heavy atom. The molecule has 1 N–H and O–H groups in total. The van der Waals surface area contributed by atoms with E-state index in [1.165, 1.54) is 11.8 Å². The van der Waals surface area contributed by atoms with E-state index < -0.39 is 0 Å². The minimum Gasteiger partial charge on any atom is -0.448 e. The second-order valence-corrected chi connectivity index (χ2v) is 7.58. The Bertz CT molecular complexity index is 1210. The van der Waals surface area contributed by atoms with Crippen LogP contribution in [0.5, 0.6) is 0 Å². The Balaban J connectivity index is 1.69. The summed E-state index contributed by atoms with van der Waals surface area (Å²) in [4.78, 5) is 30.0. The van der Waals surface area contributed by atoms with E-state index in [1.54, 1.807) is 4.57 Å². The van der Waals surface area contributed by atoms with Gasteiger partial charge in [0.25, 0.3) is 5.56 Å². The van der Waals surface area contributed by atoms with Gasteiger partial charge in [0.2, 0.25) is 11.5 Å². The predicted molar refractivity (Wildman–Crippen MR) is 112 cm³/mol. The van der Waals surface area contributed by atoms with Gasteiger partial charge in [-0.1, -0.05) is 42.1 Å². The maximum atomic E-state index is 13.0. The van der Waals surface area contributed by atoms with Gasteiger partial charge in [-0.05, 0) is 38.1 Å². The molecule has 0 saturated carbocycles. The summed E-state index contributed by atoms with van der Waals surface area (Å²) in [6.45, 7) is 3.82. The van der Waals surface area contributed by atoms with Crippen LogP contribution in [0.2, 0.25) is 0 Å². The van der Waals surface area contributed by atoms with Gasteiger partial charge in [0.1, 0.15) is 11.1 Å². The van der Waals surface area contributed by atoms with E-state index in [1.807, 2.05) is 68.4 Å². The number of aromatic nitrogens is 2. The number of rotatable bonds is 5. The zero-order valence-electron chi connectivity index (χ0n) is 15.5. The lowest BCUT2D eigenvalue weighted by atomic mass is 10.2. The first-order valence-corrected chi connectivity index (χ1v) is 9.94. The standard InChI is InChI=1S/C21H19N3O3S/c1-13(2)24-20(26)19-18(15-10-6-7-11-16(15)27-19)23-21(24)28-12-17(25)22-14-8-4-3-5-9-14/h3-11,13H,12H2,1-2H3,(H,22,25). The molecule has 0 fully saturated rings. The molecule has 0 atom stereocenters. The third-order valence-electron chi connectivity index (χ3n) is 4.30. The lowest BCUT2D eigenvalue weighted by Crippen LogP contribution is -2.25. The predicted octanol–water partition coefficient (Wildman–Crippen LogP) is 4.45. The molecule has 0 aliphatic carbocycles. The Hall–Kier alpha value is -3.06. The van der Waals surface area contributed by atoms with Crippen molar-refractivity contribution in [1.82, 2.24) is 9.55 Å². The SMILES string of the molecule is CC(C)n1c(SCC(=O)Nc2ccccc2)nc2c(oc3ccccc32)c1=O. The van der Waals surface area contributed by atoms with E-state index in [-0.39, 0.29) is 28.8 Å². The van der Waals surface area contributed by atoms with Crippen molar-refractivity contribution in [2.75, 3.05) is 11.1 Å². The maximum Gasteiger partial charge on any atom is 0.298 e. The summed E-state index contributed by atoms with van der Waals surface area (Å²) in [5.74, 6) is -0.00656. The molecule has 0 aliphatic heterocycles. The van der Waals surface area contributed by atoms with E-state index in [2.05, 4.69) is 10.3 Å². The molecule has 2 aromatic carbocycles. The summed E-state index contributed by atoms with van der Waals surface area (Å²) in [5.41, 5.74) is 1.90. The monoisotopic (exact) mass is 393 g/mol. The fraction of sp³-hybridized carbons (Fsp3) is 0.190. The van der Waals surface area contributed by atoms with Gasteiger partial charge in [-0.25, -0.2) is 4.98 Å². The number of benzene rings is 2. The van der Waals surface area contributed by atoms with E-state index >= 15 is 0 Å². The molecule has 0 spiro atoms. The molecule has 0 aliphatic rings. The third-order valence-corrected chi connectivity index (χ3v) is 5.25. The molecular weight excluding hydrogens is 374 g/mol. The third kappa shape index (κ3) is 3.41. The number of nitrogens with zero attached hydrogens (tertiary/aromatic N) is 2. The number of carbonyl (C=O) groups is 1. The molecule has 4 aromatic rings. The molecular formula is C21H19N3O3S. The van der Waals surface area contributed by atoms with Crippen LogP contribution in [0.1, 0.15) is 19.9 Å². The van der Waals surface area contributed by atoms with Gasteiger partial charge in [0.15, 0.2) is 5.16 Å². The number of nitrogens with one attached hydrogen (secondary N) is 1. The fourth-order valence-electron chi connectivity index (χ4n) is 3.04. The number of hydrogen-bond donors (Lipinski definition) is 1. The van der Waals surface area contributed by atoms with Gasteiger partial charge in [0.05, 0.1) is 5.75 Å².